The molecule has 0 bridgehead atoms. The number of oxazole rings is 1. The van der Waals surface area contributed by atoms with E-state index in [4.69, 9.17) is 28.8 Å². The van der Waals surface area contributed by atoms with Gasteiger partial charge in [-0.25, -0.2) is 19.9 Å². The monoisotopic (exact) mass is 718 g/mol. The first kappa shape index (κ1) is 31.8. The average molecular weight is 719 g/mol. The summed E-state index contributed by atoms with van der Waals surface area (Å²) in [4.78, 5) is 19.6. The van der Waals surface area contributed by atoms with Crippen LogP contribution >= 0.6 is 0 Å². The van der Waals surface area contributed by atoms with Gasteiger partial charge in [0.25, 0.3) is 0 Å². The average Bonchev–Trinajstić information content (AvgIpc) is 3.89. The maximum absolute atomic E-state index is 6.38. The Morgan fingerprint density at radius 3 is 1.45 bits per heavy atom. The highest BCUT2D eigenvalue weighted by Gasteiger charge is 2.16. The number of furan rings is 1. The third-order valence-corrected chi connectivity index (χ3v) is 10.3. The molecule has 262 valence electrons. The molecule has 3 heterocycles. The summed E-state index contributed by atoms with van der Waals surface area (Å²) in [6.07, 6.45) is 0. The Kier molecular flexibility index (Phi) is 7.38. The number of rotatable bonds is 6. The van der Waals surface area contributed by atoms with Crippen molar-refractivity contribution in [3.63, 3.8) is 0 Å². The molecule has 0 spiro atoms. The Labute approximate surface area is 321 Å². The van der Waals surface area contributed by atoms with Gasteiger partial charge in [-0.2, -0.15) is 0 Å². The summed E-state index contributed by atoms with van der Waals surface area (Å²) in [7, 11) is 0. The topological polar surface area (TPSA) is 77.8 Å². The molecule has 56 heavy (non-hydrogen) atoms. The van der Waals surface area contributed by atoms with E-state index in [0.717, 1.165) is 88.3 Å². The molecule has 0 aliphatic rings. The van der Waals surface area contributed by atoms with Gasteiger partial charge in [-0.3, -0.25) is 0 Å². The summed E-state index contributed by atoms with van der Waals surface area (Å²) < 4.78 is 12.7. The normalized spacial score (nSPS) is 11.6. The van der Waals surface area contributed by atoms with Crippen LogP contribution in [0.1, 0.15) is 0 Å². The van der Waals surface area contributed by atoms with Crippen molar-refractivity contribution in [3.05, 3.63) is 182 Å². The molecule has 0 saturated carbocycles. The van der Waals surface area contributed by atoms with Gasteiger partial charge in [0.05, 0.1) is 0 Å². The summed E-state index contributed by atoms with van der Waals surface area (Å²) in [6.45, 7) is 0. The predicted octanol–water partition coefficient (Wildman–Crippen LogP) is 13.1. The van der Waals surface area contributed by atoms with Crippen LogP contribution in [-0.2, 0) is 0 Å². The number of hydrogen-bond donors (Lipinski definition) is 0. The van der Waals surface area contributed by atoms with Crippen molar-refractivity contribution in [2.75, 3.05) is 0 Å². The van der Waals surface area contributed by atoms with Crippen LogP contribution < -0.4 is 0 Å². The molecular weight excluding hydrogens is 689 g/mol. The van der Waals surface area contributed by atoms with E-state index in [2.05, 4.69) is 97.1 Å². The molecule has 0 fully saturated rings. The van der Waals surface area contributed by atoms with Crippen molar-refractivity contribution in [1.29, 1.82) is 0 Å². The van der Waals surface area contributed by atoms with Gasteiger partial charge in [0, 0.05) is 38.4 Å². The van der Waals surface area contributed by atoms with Crippen LogP contribution in [0.3, 0.4) is 0 Å². The molecule has 11 rings (SSSR count). The summed E-state index contributed by atoms with van der Waals surface area (Å²) >= 11 is 0. The number of fused-ring (bicyclic) bond motifs is 6. The van der Waals surface area contributed by atoms with Crippen LogP contribution in [0.4, 0.5) is 0 Å². The lowest BCUT2D eigenvalue weighted by Gasteiger charge is -2.10. The molecule has 0 atom stereocenters. The maximum atomic E-state index is 6.38. The third kappa shape index (κ3) is 5.60. The first-order chi connectivity index (χ1) is 27.7. The summed E-state index contributed by atoms with van der Waals surface area (Å²) in [5, 5.41) is 4.28. The Morgan fingerprint density at radius 1 is 0.304 bits per heavy atom. The standard InChI is InChI=1S/C50H30N4O2/c1-3-12-32(13-4-1)47-52-48(33-14-5-2-6-15-33)54-49(53-47)38-18-9-16-34(27-38)36-22-25-44-41(29-36)42-30-37(23-26-45(42)55-44)35-17-10-19-39(28-35)50-51-43-24-21-31-11-7-8-20-40(31)46(43)56-50/h1-30H. The molecular formula is C50H30N4O2. The minimum atomic E-state index is 0.602. The quantitative estimate of drug-likeness (QED) is 0.170. The second-order valence-electron chi connectivity index (χ2n) is 13.9. The second kappa shape index (κ2) is 13.0. The lowest BCUT2D eigenvalue weighted by Crippen LogP contribution is -2.00. The van der Waals surface area contributed by atoms with Crippen LogP contribution in [0.25, 0.3) is 112 Å². The molecule has 6 heteroatoms. The van der Waals surface area contributed by atoms with Gasteiger partial charge in [-0.1, -0.05) is 133 Å². The smallest absolute Gasteiger partial charge is 0.227 e. The molecule has 11 aromatic rings. The van der Waals surface area contributed by atoms with Crippen LogP contribution in [0, 0.1) is 0 Å². The number of hydrogen-bond acceptors (Lipinski definition) is 6. The van der Waals surface area contributed by atoms with E-state index in [0.29, 0.717) is 23.4 Å². The Balaban J connectivity index is 0.964. The molecule has 0 saturated heterocycles. The number of benzene rings is 8. The predicted molar refractivity (Wildman–Crippen MR) is 225 cm³/mol. The SMILES string of the molecule is c1ccc(-c2nc(-c3ccccc3)nc(-c3cccc(-c4ccc5oc6ccc(-c7cccc(-c8nc9ccc%10ccccc%10c9o8)c7)cc6c5c4)c3)n2)cc1. The van der Waals surface area contributed by atoms with Crippen LogP contribution in [0.15, 0.2) is 191 Å². The fraction of sp³-hybridized carbons (Fsp3) is 0. The zero-order chi connectivity index (χ0) is 37.0. The van der Waals surface area contributed by atoms with Gasteiger partial charge in [0.15, 0.2) is 23.1 Å². The van der Waals surface area contributed by atoms with E-state index >= 15 is 0 Å². The van der Waals surface area contributed by atoms with Crippen molar-refractivity contribution < 1.29 is 8.83 Å². The highest BCUT2D eigenvalue weighted by molar-refractivity contribution is 6.08. The van der Waals surface area contributed by atoms with Crippen molar-refractivity contribution in [1.82, 2.24) is 19.9 Å². The molecule has 6 nitrogen and oxygen atoms in total. The Hall–Kier alpha value is -7.70. The Morgan fingerprint density at radius 2 is 0.804 bits per heavy atom. The largest absolute Gasteiger partial charge is 0.456 e. The number of aromatic nitrogens is 4. The molecule has 0 unspecified atom stereocenters. The molecule has 3 aromatic heterocycles. The lowest BCUT2D eigenvalue weighted by molar-refractivity contribution is 0.623. The first-order valence-electron chi connectivity index (χ1n) is 18.5. The van der Waals surface area contributed by atoms with Crippen molar-refractivity contribution >= 4 is 43.8 Å². The van der Waals surface area contributed by atoms with Gasteiger partial charge < -0.3 is 8.83 Å². The van der Waals surface area contributed by atoms with E-state index in [1.165, 1.54) is 0 Å². The second-order valence-corrected chi connectivity index (χ2v) is 13.9. The maximum Gasteiger partial charge on any atom is 0.227 e. The zero-order valence-corrected chi connectivity index (χ0v) is 29.9. The van der Waals surface area contributed by atoms with E-state index in [-0.39, 0.29) is 0 Å². The van der Waals surface area contributed by atoms with Crippen molar-refractivity contribution in [2.24, 2.45) is 0 Å². The molecule has 0 aliphatic heterocycles. The van der Waals surface area contributed by atoms with Gasteiger partial charge in [0.1, 0.15) is 16.7 Å². The highest BCUT2D eigenvalue weighted by Crippen LogP contribution is 2.37. The summed E-state index contributed by atoms with van der Waals surface area (Å²) in [5.74, 6) is 2.49. The van der Waals surface area contributed by atoms with Crippen molar-refractivity contribution in [3.8, 4) is 67.9 Å². The number of nitrogens with zero attached hydrogens (tertiary/aromatic N) is 4. The fourth-order valence-electron chi connectivity index (χ4n) is 7.52. The van der Waals surface area contributed by atoms with Crippen molar-refractivity contribution in [2.45, 2.75) is 0 Å². The van der Waals surface area contributed by atoms with Crippen LogP contribution in [0.5, 0.6) is 0 Å². The van der Waals surface area contributed by atoms with Crippen LogP contribution in [0.2, 0.25) is 0 Å². The van der Waals surface area contributed by atoms with Gasteiger partial charge in [-0.15, -0.1) is 0 Å². The third-order valence-electron chi connectivity index (χ3n) is 10.3. The molecule has 0 N–H and O–H groups in total. The molecule has 0 radical (unpaired) electrons. The minimum Gasteiger partial charge on any atom is -0.456 e. The van der Waals surface area contributed by atoms with E-state index in [9.17, 15) is 0 Å². The highest BCUT2D eigenvalue weighted by atomic mass is 16.3. The zero-order valence-electron chi connectivity index (χ0n) is 29.9. The van der Waals surface area contributed by atoms with Gasteiger partial charge in [-0.05, 0) is 76.2 Å². The Bertz CT molecular complexity index is 3200. The first-order valence-corrected chi connectivity index (χ1v) is 18.5. The molecule has 0 aliphatic carbocycles. The van der Waals surface area contributed by atoms with Gasteiger partial charge >= 0.3 is 0 Å². The lowest BCUT2D eigenvalue weighted by atomic mass is 9.98. The molecule has 0 amide bonds. The summed E-state index contributed by atoms with van der Waals surface area (Å²) in [5.41, 5.74) is 11.3. The minimum absolute atomic E-state index is 0.602. The van der Waals surface area contributed by atoms with Crippen LogP contribution in [-0.4, -0.2) is 19.9 Å². The fourth-order valence-corrected chi connectivity index (χ4v) is 7.52. The van der Waals surface area contributed by atoms with E-state index < -0.39 is 0 Å². The molecule has 8 aromatic carbocycles. The van der Waals surface area contributed by atoms with Gasteiger partial charge in [0.2, 0.25) is 5.89 Å². The van der Waals surface area contributed by atoms with E-state index in [1.54, 1.807) is 0 Å². The van der Waals surface area contributed by atoms with E-state index in [1.807, 2.05) is 84.9 Å². The summed E-state index contributed by atoms with van der Waals surface area (Å²) in [6, 6.07) is 61.9.